The Labute approximate surface area is 109 Å². The van der Waals surface area contributed by atoms with Crippen LogP contribution in [0.15, 0.2) is 42.5 Å². The molecule has 94 valence electrons. The summed E-state index contributed by atoms with van der Waals surface area (Å²) >= 11 is 0. The third-order valence-electron chi connectivity index (χ3n) is 3.97. The lowest BCUT2D eigenvalue weighted by molar-refractivity contribution is 0.540. The highest BCUT2D eigenvalue weighted by atomic mass is 14.9. The van der Waals surface area contributed by atoms with Crippen LogP contribution in [0.3, 0.4) is 0 Å². The van der Waals surface area contributed by atoms with Crippen LogP contribution in [0.25, 0.3) is 10.8 Å². The molecule has 0 radical (unpaired) electrons. The fourth-order valence-corrected chi connectivity index (χ4v) is 2.51. The van der Waals surface area contributed by atoms with Gasteiger partial charge < -0.3 is 5.32 Å². The van der Waals surface area contributed by atoms with Gasteiger partial charge >= 0.3 is 0 Å². The summed E-state index contributed by atoms with van der Waals surface area (Å²) in [5.41, 5.74) is 1.39. The van der Waals surface area contributed by atoms with Gasteiger partial charge in [-0.15, -0.1) is 0 Å². The minimum atomic E-state index is 0.452. The molecule has 1 unspecified atom stereocenters. The van der Waals surface area contributed by atoms with Gasteiger partial charge in [-0.25, -0.2) is 0 Å². The van der Waals surface area contributed by atoms with Crippen molar-refractivity contribution in [3.05, 3.63) is 48.0 Å². The van der Waals surface area contributed by atoms with Crippen molar-refractivity contribution in [1.82, 2.24) is 5.32 Å². The molecule has 0 saturated heterocycles. The lowest BCUT2D eigenvalue weighted by atomic mass is 10.0. The largest absolute Gasteiger partial charge is 0.310 e. The van der Waals surface area contributed by atoms with E-state index in [1.807, 2.05) is 0 Å². The topological polar surface area (TPSA) is 12.0 Å². The van der Waals surface area contributed by atoms with E-state index in [9.17, 15) is 0 Å². The molecular weight excluding hydrogens is 218 g/mol. The van der Waals surface area contributed by atoms with Crippen molar-refractivity contribution in [3.8, 4) is 0 Å². The molecule has 0 aromatic heterocycles. The lowest BCUT2D eigenvalue weighted by Crippen LogP contribution is -2.20. The van der Waals surface area contributed by atoms with Crippen LogP contribution in [-0.2, 0) is 0 Å². The SMILES string of the molecule is CC(NCCC1CC1)c1ccc2ccccc2c1. The van der Waals surface area contributed by atoms with Gasteiger partial charge in [0.25, 0.3) is 0 Å². The molecule has 1 heteroatoms. The summed E-state index contributed by atoms with van der Waals surface area (Å²) in [5.74, 6) is 1.02. The molecule has 0 bridgehead atoms. The molecule has 0 heterocycles. The monoisotopic (exact) mass is 239 g/mol. The van der Waals surface area contributed by atoms with Crippen LogP contribution in [0.1, 0.15) is 37.8 Å². The van der Waals surface area contributed by atoms with Crippen LogP contribution < -0.4 is 5.32 Å². The number of benzene rings is 2. The molecule has 18 heavy (non-hydrogen) atoms. The van der Waals surface area contributed by atoms with Gasteiger partial charge in [0.15, 0.2) is 0 Å². The maximum Gasteiger partial charge on any atom is 0.0292 e. The van der Waals surface area contributed by atoms with Gasteiger partial charge in [-0.1, -0.05) is 49.2 Å². The lowest BCUT2D eigenvalue weighted by Gasteiger charge is -2.14. The summed E-state index contributed by atoms with van der Waals surface area (Å²) in [4.78, 5) is 0. The molecule has 2 aromatic carbocycles. The summed E-state index contributed by atoms with van der Waals surface area (Å²) in [6.45, 7) is 3.41. The molecule has 1 N–H and O–H groups in total. The van der Waals surface area contributed by atoms with E-state index in [0.717, 1.165) is 12.5 Å². The van der Waals surface area contributed by atoms with Crippen molar-refractivity contribution >= 4 is 10.8 Å². The molecule has 0 spiro atoms. The first-order valence-electron chi connectivity index (χ1n) is 7.05. The first kappa shape index (κ1) is 11.7. The minimum absolute atomic E-state index is 0.452. The molecule has 1 fully saturated rings. The van der Waals surface area contributed by atoms with E-state index in [-0.39, 0.29) is 0 Å². The summed E-state index contributed by atoms with van der Waals surface area (Å²) in [7, 11) is 0. The van der Waals surface area contributed by atoms with E-state index >= 15 is 0 Å². The predicted molar refractivity (Wildman–Crippen MR) is 77.7 cm³/mol. The molecule has 1 saturated carbocycles. The fourth-order valence-electron chi connectivity index (χ4n) is 2.51. The Hall–Kier alpha value is -1.34. The molecule has 1 nitrogen and oxygen atoms in total. The number of nitrogens with one attached hydrogen (secondary N) is 1. The van der Waals surface area contributed by atoms with Crippen molar-refractivity contribution in [1.29, 1.82) is 0 Å². The standard InChI is InChI=1S/C17H21N/c1-13(18-11-10-14-6-7-14)16-9-8-15-4-2-3-5-17(15)12-16/h2-5,8-9,12-14,18H,6-7,10-11H2,1H3. The van der Waals surface area contributed by atoms with E-state index in [1.165, 1.54) is 35.6 Å². The molecule has 2 aromatic rings. The third-order valence-corrected chi connectivity index (χ3v) is 3.97. The Morgan fingerprint density at radius 2 is 1.89 bits per heavy atom. The van der Waals surface area contributed by atoms with Crippen molar-refractivity contribution in [2.24, 2.45) is 5.92 Å². The summed E-state index contributed by atoms with van der Waals surface area (Å²) in [5, 5.41) is 6.30. The summed E-state index contributed by atoms with van der Waals surface area (Å²) in [6.07, 6.45) is 4.25. The second-order valence-electron chi connectivity index (χ2n) is 5.51. The van der Waals surface area contributed by atoms with Crippen LogP contribution >= 0.6 is 0 Å². The number of hydrogen-bond donors (Lipinski definition) is 1. The van der Waals surface area contributed by atoms with Gasteiger partial charge in [0, 0.05) is 6.04 Å². The van der Waals surface area contributed by atoms with Gasteiger partial charge in [0.05, 0.1) is 0 Å². The van der Waals surface area contributed by atoms with Crippen LogP contribution in [0, 0.1) is 5.92 Å². The second kappa shape index (κ2) is 5.11. The molecule has 1 aliphatic carbocycles. The average molecular weight is 239 g/mol. The van der Waals surface area contributed by atoms with Gasteiger partial charge in [-0.3, -0.25) is 0 Å². The van der Waals surface area contributed by atoms with Crippen LogP contribution in [0.2, 0.25) is 0 Å². The van der Waals surface area contributed by atoms with E-state index < -0.39 is 0 Å². The molecule has 0 amide bonds. The van der Waals surface area contributed by atoms with Crippen LogP contribution in [-0.4, -0.2) is 6.54 Å². The second-order valence-corrected chi connectivity index (χ2v) is 5.51. The van der Waals surface area contributed by atoms with E-state index in [1.54, 1.807) is 0 Å². The smallest absolute Gasteiger partial charge is 0.0292 e. The van der Waals surface area contributed by atoms with Crippen molar-refractivity contribution in [3.63, 3.8) is 0 Å². The molecular formula is C17H21N. The van der Waals surface area contributed by atoms with Crippen molar-refractivity contribution < 1.29 is 0 Å². The summed E-state index contributed by atoms with van der Waals surface area (Å²) < 4.78 is 0. The fraction of sp³-hybridized carbons (Fsp3) is 0.412. The zero-order valence-electron chi connectivity index (χ0n) is 11.0. The first-order chi connectivity index (χ1) is 8.83. The highest BCUT2D eigenvalue weighted by Gasteiger charge is 2.20. The third kappa shape index (κ3) is 2.73. The minimum Gasteiger partial charge on any atom is -0.310 e. The Morgan fingerprint density at radius 3 is 2.67 bits per heavy atom. The molecule has 1 atom stereocenters. The van der Waals surface area contributed by atoms with Crippen molar-refractivity contribution in [2.75, 3.05) is 6.54 Å². The zero-order valence-corrected chi connectivity index (χ0v) is 11.0. The Morgan fingerprint density at radius 1 is 1.11 bits per heavy atom. The van der Waals surface area contributed by atoms with Crippen LogP contribution in [0.5, 0.6) is 0 Å². The quantitative estimate of drug-likeness (QED) is 0.820. The van der Waals surface area contributed by atoms with Crippen LogP contribution in [0.4, 0.5) is 0 Å². The van der Waals surface area contributed by atoms with E-state index in [2.05, 4.69) is 54.7 Å². The average Bonchev–Trinajstić information content (AvgIpc) is 3.22. The van der Waals surface area contributed by atoms with Gasteiger partial charge in [0.2, 0.25) is 0 Å². The number of hydrogen-bond acceptors (Lipinski definition) is 1. The Kier molecular flexibility index (Phi) is 3.33. The highest BCUT2D eigenvalue weighted by Crippen LogP contribution is 2.32. The zero-order chi connectivity index (χ0) is 12.4. The maximum absolute atomic E-state index is 3.63. The Balaban J connectivity index is 1.67. The highest BCUT2D eigenvalue weighted by molar-refractivity contribution is 5.83. The van der Waals surface area contributed by atoms with E-state index in [4.69, 9.17) is 0 Å². The predicted octanol–water partition coefficient (Wildman–Crippen LogP) is 4.29. The van der Waals surface area contributed by atoms with Gasteiger partial charge in [0.1, 0.15) is 0 Å². The van der Waals surface area contributed by atoms with Gasteiger partial charge in [-0.05, 0) is 48.2 Å². The molecule has 1 aliphatic rings. The maximum atomic E-state index is 3.63. The summed E-state index contributed by atoms with van der Waals surface area (Å²) in [6, 6.07) is 15.8. The Bertz CT molecular complexity index is 528. The van der Waals surface area contributed by atoms with Gasteiger partial charge in [-0.2, -0.15) is 0 Å². The van der Waals surface area contributed by atoms with Crippen molar-refractivity contribution in [2.45, 2.75) is 32.2 Å². The molecule has 0 aliphatic heterocycles. The number of rotatable bonds is 5. The normalized spacial score (nSPS) is 16.9. The first-order valence-corrected chi connectivity index (χ1v) is 7.05. The van der Waals surface area contributed by atoms with E-state index in [0.29, 0.717) is 6.04 Å². The number of fused-ring (bicyclic) bond motifs is 1. The molecule has 3 rings (SSSR count).